The summed E-state index contributed by atoms with van der Waals surface area (Å²) in [5, 5.41) is 13.4. The van der Waals surface area contributed by atoms with Gasteiger partial charge in [0.1, 0.15) is 18.5 Å². The average Bonchev–Trinajstić information content (AvgIpc) is 2.58. The Morgan fingerprint density at radius 3 is 2.59 bits per heavy atom. The lowest BCUT2D eigenvalue weighted by molar-refractivity contribution is 0.0985. The Labute approximate surface area is 132 Å². The quantitative estimate of drug-likeness (QED) is 0.725. The highest BCUT2D eigenvalue weighted by Crippen LogP contribution is 2.17. The van der Waals surface area contributed by atoms with Gasteiger partial charge in [-0.2, -0.15) is 0 Å². The normalized spacial score (nSPS) is 17.2. The molecular weight excluding hydrogens is 278 g/mol. The summed E-state index contributed by atoms with van der Waals surface area (Å²) < 4.78 is 5.57. The minimum absolute atomic E-state index is 0.128. The standard InChI is InChI=1S/C18H27NO3/c1-2-18(21)14-8-10-17(11-9-14)22-13-16(20)12-19-15-6-4-3-5-7-15/h8-11,15-16,19-20H,2-7,12-13H2,1H3/t16-/m0/s1. The van der Waals surface area contributed by atoms with Gasteiger partial charge < -0.3 is 15.2 Å². The molecule has 122 valence electrons. The fourth-order valence-corrected chi connectivity index (χ4v) is 2.80. The zero-order valence-corrected chi connectivity index (χ0v) is 13.4. The summed E-state index contributed by atoms with van der Waals surface area (Å²) >= 11 is 0. The number of rotatable bonds is 8. The van der Waals surface area contributed by atoms with E-state index < -0.39 is 6.10 Å². The number of aliphatic hydroxyl groups is 1. The topological polar surface area (TPSA) is 58.6 Å². The molecule has 0 heterocycles. The molecule has 1 atom stereocenters. The Kier molecular flexibility index (Phi) is 6.87. The van der Waals surface area contributed by atoms with Crippen molar-refractivity contribution in [3.63, 3.8) is 0 Å². The van der Waals surface area contributed by atoms with E-state index in [-0.39, 0.29) is 12.4 Å². The fraction of sp³-hybridized carbons (Fsp3) is 0.611. The van der Waals surface area contributed by atoms with Crippen molar-refractivity contribution in [3.05, 3.63) is 29.8 Å². The highest BCUT2D eigenvalue weighted by Gasteiger charge is 2.14. The Balaban J connectivity index is 1.69. The minimum Gasteiger partial charge on any atom is -0.491 e. The van der Waals surface area contributed by atoms with Crippen molar-refractivity contribution in [3.8, 4) is 5.75 Å². The Bertz CT molecular complexity index is 452. The highest BCUT2D eigenvalue weighted by molar-refractivity contribution is 5.95. The number of hydrogen-bond acceptors (Lipinski definition) is 4. The van der Waals surface area contributed by atoms with Crippen molar-refractivity contribution in [2.45, 2.75) is 57.6 Å². The molecule has 0 aliphatic heterocycles. The summed E-state index contributed by atoms with van der Waals surface area (Å²) in [7, 11) is 0. The lowest BCUT2D eigenvalue weighted by atomic mass is 9.95. The van der Waals surface area contributed by atoms with Crippen LogP contribution in [0.4, 0.5) is 0 Å². The van der Waals surface area contributed by atoms with Crippen LogP contribution in [0.25, 0.3) is 0 Å². The van der Waals surface area contributed by atoms with E-state index in [1.54, 1.807) is 24.3 Å². The van der Waals surface area contributed by atoms with Crippen LogP contribution in [0.2, 0.25) is 0 Å². The second kappa shape index (κ2) is 8.91. The van der Waals surface area contributed by atoms with Gasteiger partial charge >= 0.3 is 0 Å². The van der Waals surface area contributed by atoms with Crippen molar-refractivity contribution in [1.82, 2.24) is 5.32 Å². The second-order valence-electron chi connectivity index (χ2n) is 6.01. The van der Waals surface area contributed by atoms with Gasteiger partial charge in [-0.3, -0.25) is 4.79 Å². The van der Waals surface area contributed by atoms with E-state index in [2.05, 4.69) is 5.32 Å². The molecular formula is C18H27NO3. The monoisotopic (exact) mass is 305 g/mol. The van der Waals surface area contributed by atoms with E-state index in [1.165, 1.54) is 32.1 Å². The summed E-state index contributed by atoms with van der Waals surface area (Å²) in [6.45, 7) is 2.68. The molecule has 22 heavy (non-hydrogen) atoms. The number of carbonyl (C=O) groups is 1. The van der Waals surface area contributed by atoms with Gasteiger partial charge in [0.15, 0.2) is 5.78 Å². The summed E-state index contributed by atoms with van der Waals surface area (Å²) in [5.74, 6) is 0.813. The Morgan fingerprint density at radius 2 is 1.95 bits per heavy atom. The van der Waals surface area contributed by atoms with Gasteiger partial charge in [0.25, 0.3) is 0 Å². The van der Waals surface area contributed by atoms with E-state index in [0.717, 1.165) is 0 Å². The van der Waals surface area contributed by atoms with E-state index >= 15 is 0 Å². The Hall–Kier alpha value is -1.39. The van der Waals surface area contributed by atoms with Crippen LogP contribution in [0.15, 0.2) is 24.3 Å². The SMILES string of the molecule is CCC(=O)c1ccc(OC[C@@H](O)CNC2CCCCC2)cc1. The smallest absolute Gasteiger partial charge is 0.162 e. The molecule has 1 aliphatic rings. The van der Waals surface area contributed by atoms with Crippen molar-refractivity contribution in [1.29, 1.82) is 0 Å². The summed E-state index contributed by atoms with van der Waals surface area (Å²) in [5.41, 5.74) is 0.703. The van der Waals surface area contributed by atoms with Crippen molar-refractivity contribution in [2.75, 3.05) is 13.2 Å². The molecule has 1 aromatic rings. The number of ether oxygens (including phenoxy) is 1. The number of hydrogen-bond donors (Lipinski definition) is 2. The Morgan fingerprint density at radius 1 is 1.27 bits per heavy atom. The molecule has 4 heteroatoms. The van der Waals surface area contributed by atoms with E-state index in [4.69, 9.17) is 4.74 Å². The predicted octanol–water partition coefficient (Wildman–Crippen LogP) is 2.94. The van der Waals surface area contributed by atoms with Gasteiger partial charge in [0.05, 0.1) is 0 Å². The van der Waals surface area contributed by atoms with Crippen LogP contribution >= 0.6 is 0 Å². The molecule has 2 N–H and O–H groups in total. The van der Waals surface area contributed by atoms with Gasteiger partial charge in [-0.1, -0.05) is 26.2 Å². The molecule has 0 unspecified atom stereocenters. The van der Waals surface area contributed by atoms with Crippen LogP contribution < -0.4 is 10.1 Å². The maximum atomic E-state index is 11.5. The number of benzene rings is 1. The van der Waals surface area contributed by atoms with E-state index in [1.807, 2.05) is 6.92 Å². The molecule has 1 aliphatic carbocycles. The van der Waals surface area contributed by atoms with Gasteiger partial charge in [0.2, 0.25) is 0 Å². The molecule has 0 bridgehead atoms. The first-order chi connectivity index (χ1) is 10.7. The zero-order valence-electron chi connectivity index (χ0n) is 13.4. The average molecular weight is 305 g/mol. The predicted molar refractivity (Wildman–Crippen MR) is 87.4 cm³/mol. The molecule has 0 aromatic heterocycles. The van der Waals surface area contributed by atoms with Gasteiger partial charge in [-0.15, -0.1) is 0 Å². The maximum absolute atomic E-state index is 11.5. The molecule has 2 rings (SSSR count). The third-order valence-corrected chi connectivity index (χ3v) is 4.19. The number of Topliss-reactive ketones (excluding diaryl/α,β-unsaturated/α-hetero) is 1. The lowest BCUT2D eigenvalue weighted by Crippen LogP contribution is -2.38. The van der Waals surface area contributed by atoms with Crippen molar-refractivity contribution >= 4 is 5.78 Å². The zero-order chi connectivity index (χ0) is 15.8. The van der Waals surface area contributed by atoms with Crippen LogP contribution in [-0.4, -0.2) is 36.2 Å². The molecule has 0 amide bonds. The first-order valence-electron chi connectivity index (χ1n) is 8.36. The van der Waals surface area contributed by atoms with Crippen LogP contribution in [0.5, 0.6) is 5.75 Å². The summed E-state index contributed by atoms with van der Waals surface area (Å²) in [6.07, 6.45) is 6.31. The first kappa shape index (κ1) is 17.0. The maximum Gasteiger partial charge on any atom is 0.162 e. The van der Waals surface area contributed by atoms with Gasteiger partial charge in [0, 0.05) is 24.6 Å². The second-order valence-corrected chi connectivity index (χ2v) is 6.01. The molecule has 1 aromatic carbocycles. The lowest BCUT2D eigenvalue weighted by Gasteiger charge is -2.24. The van der Waals surface area contributed by atoms with E-state index in [9.17, 15) is 9.90 Å². The van der Waals surface area contributed by atoms with E-state index in [0.29, 0.717) is 30.3 Å². The van der Waals surface area contributed by atoms with Crippen LogP contribution in [0, 0.1) is 0 Å². The fourth-order valence-electron chi connectivity index (χ4n) is 2.80. The molecule has 0 spiro atoms. The number of aliphatic hydroxyl groups excluding tert-OH is 1. The minimum atomic E-state index is -0.515. The van der Waals surface area contributed by atoms with Crippen LogP contribution in [0.3, 0.4) is 0 Å². The molecule has 4 nitrogen and oxygen atoms in total. The van der Waals surface area contributed by atoms with Crippen molar-refractivity contribution in [2.24, 2.45) is 0 Å². The molecule has 1 saturated carbocycles. The van der Waals surface area contributed by atoms with Gasteiger partial charge in [-0.25, -0.2) is 0 Å². The molecule has 0 saturated heterocycles. The number of nitrogens with one attached hydrogen (secondary N) is 1. The highest BCUT2D eigenvalue weighted by atomic mass is 16.5. The summed E-state index contributed by atoms with van der Waals surface area (Å²) in [6, 6.07) is 7.65. The van der Waals surface area contributed by atoms with Crippen LogP contribution in [0.1, 0.15) is 55.8 Å². The van der Waals surface area contributed by atoms with Gasteiger partial charge in [-0.05, 0) is 37.1 Å². The third kappa shape index (κ3) is 5.43. The van der Waals surface area contributed by atoms with Crippen LogP contribution in [-0.2, 0) is 0 Å². The largest absolute Gasteiger partial charge is 0.491 e. The first-order valence-corrected chi connectivity index (χ1v) is 8.36. The van der Waals surface area contributed by atoms with Crippen molar-refractivity contribution < 1.29 is 14.6 Å². The summed E-state index contributed by atoms with van der Waals surface area (Å²) in [4.78, 5) is 11.5. The third-order valence-electron chi connectivity index (χ3n) is 4.19. The molecule has 0 radical (unpaired) electrons. The molecule has 1 fully saturated rings. The number of ketones is 1. The number of carbonyl (C=O) groups excluding carboxylic acids is 1.